The maximum atomic E-state index is 12.2. The van der Waals surface area contributed by atoms with Crippen LogP contribution in [0.15, 0.2) is 47.6 Å². The summed E-state index contributed by atoms with van der Waals surface area (Å²) in [4.78, 5) is 23.5. The molecule has 190 valence electrons. The van der Waals surface area contributed by atoms with Gasteiger partial charge in [-0.3, -0.25) is 20.1 Å². The molecule has 1 amide bonds. The second-order valence-corrected chi connectivity index (χ2v) is 9.57. The van der Waals surface area contributed by atoms with E-state index in [-0.39, 0.29) is 23.7 Å². The Hall–Kier alpha value is -3.54. The van der Waals surface area contributed by atoms with Crippen LogP contribution in [-0.4, -0.2) is 72.8 Å². The summed E-state index contributed by atoms with van der Waals surface area (Å²) in [7, 11) is 1.59. The molecule has 0 saturated carbocycles. The first-order chi connectivity index (χ1) is 17.2. The minimum Gasteiger partial charge on any atom is -0.497 e. The summed E-state index contributed by atoms with van der Waals surface area (Å²) in [6.07, 6.45) is 2.72. The average molecular weight is 490 g/mol. The van der Waals surface area contributed by atoms with E-state index < -0.39 is 0 Å². The molecule has 0 aliphatic carbocycles. The molecular weight excluding hydrogens is 454 g/mol. The van der Waals surface area contributed by atoms with Gasteiger partial charge < -0.3 is 14.8 Å². The maximum absolute atomic E-state index is 12.2. The molecule has 2 N–H and O–H groups in total. The van der Waals surface area contributed by atoms with Crippen LogP contribution in [0.5, 0.6) is 5.75 Å². The van der Waals surface area contributed by atoms with E-state index in [9.17, 15) is 4.79 Å². The summed E-state index contributed by atoms with van der Waals surface area (Å²) < 4.78 is 10.7. The van der Waals surface area contributed by atoms with E-state index in [1.165, 1.54) is 0 Å². The van der Waals surface area contributed by atoms with E-state index in [1.54, 1.807) is 19.4 Å². The SMILES string of the molecule is COc1cccc(C(C#CCC(=O)NC(C)(C)C)=NC(=N)c2ccc(CCN3CCOCC3)cn2)c1. The van der Waals surface area contributed by atoms with Gasteiger partial charge in [-0.2, -0.15) is 0 Å². The number of carbonyl (C=O) groups is 1. The lowest BCUT2D eigenvalue weighted by molar-refractivity contribution is -0.121. The van der Waals surface area contributed by atoms with Gasteiger partial charge in [0.1, 0.15) is 17.2 Å². The molecule has 1 aromatic heterocycles. The van der Waals surface area contributed by atoms with Gasteiger partial charge >= 0.3 is 0 Å². The summed E-state index contributed by atoms with van der Waals surface area (Å²) in [5, 5.41) is 11.4. The fraction of sp³-hybridized carbons (Fsp3) is 0.429. The number of amidine groups is 1. The van der Waals surface area contributed by atoms with Gasteiger partial charge in [0.25, 0.3) is 0 Å². The van der Waals surface area contributed by atoms with Gasteiger partial charge in [-0.15, -0.1) is 0 Å². The summed E-state index contributed by atoms with van der Waals surface area (Å²) >= 11 is 0. The lowest BCUT2D eigenvalue weighted by Crippen LogP contribution is -2.40. The Morgan fingerprint density at radius 1 is 1.25 bits per heavy atom. The van der Waals surface area contributed by atoms with Crippen molar-refractivity contribution in [1.29, 1.82) is 5.41 Å². The Kier molecular flexibility index (Phi) is 9.74. The Bertz CT molecular complexity index is 1130. The first-order valence-corrected chi connectivity index (χ1v) is 12.1. The number of nitrogens with one attached hydrogen (secondary N) is 2. The highest BCUT2D eigenvalue weighted by Crippen LogP contribution is 2.14. The molecule has 0 spiro atoms. The molecule has 1 fully saturated rings. The van der Waals surface area contributed by atoms with E-state index in [4.69, 9.17) is 14.9 Å². The number of rotatable bonds is 7. The molecule has 1 aromatic carbocycles. The molecule has 36 heavy (non-hydrogen) atoms. The molecule has 1 saturated heterocycles. The lowest BCUT2D eigenvalue weighted by atomic mass is 10.1. The van der Waals surface area contributed by atoms with Crippen LogP contribution in [0.2, 0.25) is 0 Å². The summed E-state index contributed by atoms with van der Waals surface area (Å²) in [5.74, 6) is 6.36. The first-order valence-electron chi connectivity index (χ1n) is 12.1. The number of carbonyl (C=O) groups excluding carboxylic acids is 1. The maximum Gasteiger partial charge on any atom is 0.232 e. The minimum absolute atomic E-state index is 0.000919. The van der Waals surface area contributed by atoms with Gasteiger partial charge in [-0.25, -0.2) is 4.99 Å². The molecule has 8 nitrogen and oxygen atoms in total. The minimum atomic E-state index is -0.329. The van der Waals surface area contributed by atoms with E-state index in [0.29, 0.717) is 22.7 Å². The van der Waals surface area contributed by atoms with Crippen molar-refractivity contribution in [2.45, 2.75) is 39.2 Å². The van der Waals surface area contributed by atoms with E-state index in [0.717, 1.165) is 44.8 Å². The predicted molar refractivity (Wildman–Crippen MR) is 142 cm³/mol. The molecule has 0 unspecified atom stereocenters. The number of benzene rings is 1. The molecule has 0 bridgehead atoms. The van der Waals surface area contributed by atoms with Crippen LogP contribution in [0, 0.1) is 17.3 Å². The Morgan fingerprint density at radius 2 is 2.03 bits per heavy atom. The number of methoxy groups -OCH3 is 1. The highest BCUT2D eigenvalue weighted by atomic mass is 16.5. The van der Waals surface area contributed by atoms with Gasteiger partial charge in [0, 0.05) is 36.9 Å². The highest BCUT2D eigenvalue weighted by molar-refractivity contribution is 6.19. The Morgan fingerprint density at radius 3 is 2.69 bits per heavy atom. The van der Waals surface area contributed by atoms with Crippen molar-refractivity contribution in [1.82, 2.24) is 15.2 Å². The number of pyridine rings is 1. The van der Waals surface area contributed by atoms with Crippen molar-refractivity contribution in [3.05, 3.63) is 59.4 Å². The highest BCUT2D eigenvalue weighted by Gasteiger charge is 2.13. The van der Waals surface area contributed by atoms with Gasteiger partial charge in [0.2, 0.25) is 5.91 Å². The van der Waals surface area contributed by atoms with Crippen molar-refractivity contribution in [3.63, 3.8) is 0 Å². The molecule has 1 aliphatic rings. The Labute approximate surface area is 213 Å². The third kappa shape index (κ3) is 8.91. The fourth-order valence-corrected chi connectivity index (χ4v) is 3.60. The third-order valence-corrected chi connectivity index (χ3v) is 5.42. The van der Waals surface area contributed by atoms with Gasteiger partial charge in [-0.1, -0.05) is 24.1 Å². The number of amides is 1. The van der Waals surface area contributed by atoms with Gasteiger partial charge in [-0.05, 0) is 56.9 Å². The molecule has 2 aromatic rings. The molecule has 3 rings (SSSR count). The van der Waals surface area contributed by atoms with Crippen LogP contribution in [0.3, 0.4) is 0 Å². The van der Waals surface area contributed by atoms with Gasteiger partial charge in [0.15, 0.2) is 5.84 Å². The van der Waals surface area contributed by atoms with Crippen molar-refractivity contribution in [2.24, 2.45) is 4.99 Å². The molecular formula is C28H35N5O3. The molecule has 8 heteroatoms. The quantitative estimate of drug-likeness (QED) is 0.354. The van der Waals surface area contributed by atoms with Crippen LogP contribution in [0.1, 0.15) is 44.0 Å². The summed E-state index contributed by atoms with van der Waals surface area (Å²) in [6.45, 7) is 10.2. The number of aromatic nitrogens is 1. The summed E-state index contributed by atoms with van der Waals surface area (Å²) in [6, 6.07) is 11.1. The smallest absolute Gasteiger partial charge is 0.232 e. The van der Waals surface area contributed by atoms with Crippen LogP contribution in [0.4, 0.5) is 0 Å². The van der Waals surface area contributed by atoms with Crippen molar-refractivity contribution in [2.75, 3.05) is 40.0 Å². The lowest BCUT2D eigenvalue weighted by Gasteiger charge is -2.26. The predicted octanol–water partition coefficient (Wildman–Crippen LogP) is 3.09. The number of hydrogen-bond donors (Lipinski definition) is 2. The molecule has 0 atom stereocenters. The number of nitrogens with zero attached hydrogens (tertiary/aromatic N) is 3. The van der Waals surface area contributed by atoms with E-state index >= 15 is 0 Å². The molecule has 2 heterocycles. The fourth-order valence-electron chi connectivity index (χ4n) is 3.60. The van der Waals surface area contributed by atoms with Crippen LogP contribution >= 0.6 is 0 Å². The zero-order valence-electron chi connectivity index (χ0n) is 21.6. The standard InChI is InChI=1S/C28H35N5O3/c1-28(2,3)32-26(34)10-6-9-24(22-7-5-8-23(19-22)35-4)31-27(29)25-12-11-21(20-30-25)13-14-33-15-17-36-18-16-33/h5,7-8,11-12,19-20,29H,10,13-18H2,1-4H3,(H,32,34). The number of hydrogen-bond acceptors (Lipinski definition) is 6. The second-order valence-electron chi connectivity index (χ2n) is 9.57. The van der Waals surface area contributed by atoms with E-state index in [2.05, 4.69) is 32.0 Å². The first kappa shape index (κ1) is 27.1. The van der Waals surface area contributed by atoms with Crippen molar-refractivity contribution < 1.29 is 14.3 Å². The molecule has 1 aliphatic heterocycles. The number of ether oxygens (including phenoxy) is 2. The third-order valence-electron chi connectivity index (χ3n) is 5.42. The zero-order chi connectivity index (χ0) is 26.0. The van der Waals surface area contributed by atoms with Crippen molar-refractivity contribution in [3.8, 4) is 17.6 Å². The van der Waals surface area contributed by atoms with Crippen LogP contribution in [-0.2, 0) is 16.0 Å². The normalized spacial score (nSPS) is 14.5. The second kappa shape index (κ2) is 13.0. The average Bonchev–Trinajstić information content (AvgIpc) is 2.86. The van der Waals surface area contributed by atoms with Crippen molar-refractivity contribution >= 4 is 17.5 Å². The number of morpholine rings is 1. The largest absolute Gasteiger partial charge is 0.497 e. The monoisotopic (exact) mass is 489 g/mol. The summed E-state index contributed by atoms with van der Waals surface area (Å²) in [5.41, 5.74) is 2.31. The van der Waals surface area contributed by atoms with E-state index in [1.807, 2.05) is 51.1 Å². The molecule has 0 radical (unpaired) electrons. The topological polar surface area (TPSA) is 99.9 Å². The zero-order valence-corrected chi connectivity index (χ0v) is 21.6. The van der Waals surface area contributed by atoms with Crippen LogP contribution < -0.4 is 10.1 Å². The van der Waals surface area contributed by atoms with Crippen LogP contribution in [0.25, 0.3) is 0 Å². The number of aliphatic imine (C=N–C) groups is 1. The van der Waals surface area contributed by atoms with Gasteiger partial charge in [0.05, 0.1) is 26.7 Å². The Balaban J connectivity index is 1.74.